The van der Waals surface area contributed by atoms with E-state index >= 15 is 0 Å². The van der Waals surface area contributed by atoms with E-state index in [1.54, 1.807) is 45.0 Å². The van der Waals surface area contributed by atoms with Crippen LogP contribution in [-0.2, 0) is 30.3 Å². The minimum absolute atomic E-state index is 0.122. The number of amides is 3. The first kappa shape index (κ1) is 31.3. The minimum Gasteiger partial charge on any atom is -0.484 e. The first-order chi connectivity index (χ1) is 18.3. The molecule has 212 valence electrons. The van der Waals surface area contributed by atoms with Crippen molar-refractivity contribution in [3.8, 4) is 5.75 Å². The van der Waals surface area contributed by atoms with Crippen molar-refractivity contribution in [2.45, 2.75) is 78.1 Å². The Balaban J connectivity index is 2.06. The van der Waals surface area contributed by atoms with E-state index in [1.165, 1.54) is 6.92 Å². The van der Waals surface area contributed by atoms with Crippen molar-refractivity contribution >= 4 is 23.7 Å². The van der Waals surface area contributed by atoms with Crippen molar-refractivity contribution in [2.75, 3.05) is 6.61 Å². The largest absolute Gasteiger partial charge is 0.484 e. The summed E-state index contributed by atoms with van der Waals surface area (Å²) in [6.45, 7) is 10.4. The lowest BCUT2D eigenvalue weighted by Gasteiger charge is -2.27. The zero-order chi connectivity index (χ0) is 29.0. The van der Waals surface area contributed by atoms with E-state index in [4.69, 9.17) is 9.47 Å². The Labute approximate surface area is 231 Å². The van der Waals surface area contributed by atoms with Crippen molar-refractivity contribution in [1.29, 1.82) is 0 Å². The lowest BCUT2D eigenvalue weighted by Crippen LogP contribution is -2.56. The molecule has 0 bridgehead atoms. The van der Waals surface area contributed by atoms with Crippen LogP contribution < -0.4 is 20.7 Å². The Morgan fingerprint density at radius 1 is 0.769 bits per heavy atom. The zero-order valence-electron chi connectivity index (χ0n) is 23.7. The molecule has 0 saturated heterocycles. The lowest BCUT2D eigenvalue weighted by molar-refractivity contribution is -0.159. The van der Waals surface area contributed by atoms with Gasteiger partial charge in [-0.1, -0.05) is 62.4 Å². The fraction of sp³-hybridized carbons (Fsp3) is 0.467. The van der Waals surface area contributed by atoms with E-state index in [-0.39, 0.29) is 18.9 Å². The molecule has 0 spiro atoms. The van der Waals surface area contributed by atoms with Gasteiger partial charge in [0.05, 0.1) is 0 Å². The average Bonchev–Trinajstić information content (AvgIpc) is 2.86. The monoisotopic (exact) mass is 539 g/mol. The zero-order valence-corrected chi connectivity index (χ0v) is 23.7. The highest BCUT2D eigenvalue weighted by Gasteiger charge is 2.30. The van der Waals surface area contributed by atoms with Crippen LogP contribution in [-0.4, -0.2) is 54.0 Å². The van der Waals surface area contributed by atoms with Crippen molar-refractivity contribution in [2.24, 2.45) is 5.92 Å². The molecule has 0 radical (unpaired) electrons. The molecule has 3 amide bonds. The van der Waals surface area contributed by atoms with Crippen LogP contribution in [0.4, 0.5) is 0 Å². The first-order valence-electron chi connectivity index (χ1n) is 13.2. The molecule has 9 nitrogen and oxygen atoms in total. The fourth-order valence-corrected chi connectivity index (χ4v) is 3.70. The number of ether oxygens (including phenoxy) is 2. The second kappa shape index (κ2) is 14.9. The standard InChI is InChI=1S/C30H41N3O6/c1-20(2)17-25(29(37)39-30(4,5)6)33-27(35)21(3)31-28(36)24(18-22-13-9-7-10-14-22)32-26(34)19-38-23-15-11-8-12-16-23/h7-16,20-21,24-25H,17-19H2,1-6H3,(H,31,36)(H,32,34)(H,33,35)/t21-,24-,25+/m1/s1. The van der Waals surface area contributed by atoms with Crippen molar-refractivity contribution < 1.29 is 28.7 Å². The van der Waals surface area contributed by atoms with Gasteiger partial charge in [0.2, 0.25) is 11.8 Å². The van der Waals surface area contributed by atoms with E-state index in [0.717, 1.165) is 5.56 Å². The van der Waals surface area contributed by atoms with Gasteiger partial charge in [-0.2, -0.15) is 0 Å². The van der Waals surface area contributed by atoms with E-state index in [2.05, 4.69) is 16.0 Å². The number of hydrogen-bond acceptors (Lipinski definition) is 6. The number of carbonyl (C=O) groups excluding carboxylic acids is 4. The van der Waals surface area contributed by atoms with Crippen molar-refractivity contribution in [3.63, 3.8) is 0 Å². The maximum Gasteiger partial charge on any atom is 0.329 e. The molecule has 3 N–H and O–H groups in total. The Morgan fingerprint density at radius 2 is 1.36 bits per heavy atom. The second-order valence-corrected chi connectivity index (χ2v) is 10.9. The number of nitrogens with one attached hydrogen (secondary N) is 3. The van der Waals surface area contributed by atoms with Gasteiger partial charge in [0, 0.05) is 6.42 Å². The summed E-state index contributed by atoms with van der Waals surface area (Å²) in [7, 11) is 0. The Morgan fingerprint density at radius 3 is 1.92 bits per heavy atom. The summed E-state index contributed by atoms with van der Waals surface area (Å²) in [6.07, 6.45) is 0.599. The summed E-state index contributed by atoms with van der Waals surface area (Å²) in [6, 6.07) is 15.3. The third-order valence-electron chi connectivity index (χ3n) is 5.51. The smallest absolute Gasteiger partial charge is 0.329 e. The van der Waals surface area contributed by atoms with Gasteiger partial charge in [-0.05, 0) is 57.7 Å². The maximum absolute atomic E-state index is 13.2. The van der Waals surface area contributed by atoms with Gasteiger partial charge in [0.15, 0.2) is 6.61 Å². The summed E-state index contributed by atoms with van der Waals surface area (Å²) >= 11 is 0. The number of hydrogen-bond donors (Lipinski definition) is 3. The molecule has 0 aliphatic heterocycles. The van der Waals surface area contributed by atoms with Crippen LogP contribution >= 0.6 is 0 Å². The molecule has 0 aliphatic carbocycles. The minimum atomic E-state index is -0.967. The van der Waals surface area contributed by atoms with Crippen LogP contribution in [0.15, 0.2) is 60.7 Å². The molecule has 2 rings (SSSR count). The maximum atomic E-state index is 13.2. The third-order valence-corrected chi connectivity index (χ3v) is 5.51. The van der Waals surface area contributed by atoms with E-state index in [1.807, 2.05) is 50.2 Å². The average molecular weight is 540 g/mol. The summed E-state index contributed by atoms with van der Waals surface area (Å²) in [5.74, 6) is -1.42. The SMILES string of the molecule is CC(C)C[C@H](NC(=O)[C@@H](C)NC(=O)[C@@H](Cc1ccccc1)NC(=O)COc1ccccc1)C(=O)OC(C)(C)C. The Hall–Kier alpha value is -3.88. The molecule has 0 fully saturated rings. The molecule has 3 atom stereocenters. The number of para-hydroxylation sites is 1. The first-order valence-corrected chi connectivity index (χ1v) is 13.2. The fourth-order valence-electron chi connectivity index (χ4n) is 3.70. The predicted octanol–water partition coefficient (Wildman–Crippen LogP) is 3.17. The van der Waals surface area contributed by atoms with Gasteiger partial charge >= 0.3 is 5.97 Å². The van der Waals surface area contributed by atoms with Gasteiger partial charge in [0.1, 0.15) is 29.5 Å². The summed E-state index contributed by atoms with van der Waals surface area (Å²) in [5.41, 5.74) is 0.130. The molecule has 0 aromatic heterocycles. The van der Waals surface area contributed by atoms with Gasteiger partial charge < -0.3 is 25.4 Å². The van der Waals surface area contributed by atoms with Gasteiger partial charge in [-0.25, -0.2) is 4.79 Å². The summed E-state index contributed by atoms with van der Waals surface area (Å²) in [5, 5.41) is 8.08. The molecule has 0 aliphatic rings. The van der Waals surface area contributed by atoms with Crippen molar-refractivity contribution in [1.82, 2.24) is 16.0 Å². The van der Waals surface area contributed by atoms with Crippen LogP contribution in [0.25, 0.3) is 0 Å². The molecular weight excluding hydrogens is 498 g/mol. The number of benzene rings is 2. The molecule has 2 aromatic carbocycles. The molecule has 0 unspecified atom stereocenters. The molecule has 0 saturated carbocycles. The van der Waals surface area contributed by atoms with Crippen LogP contribution in [0.1, 0.15) is 53.5 Å². The topological polar surface area (TPSA) is 123 Å². The summed E-state index contributed by atoms with van der Waals surface area (Å²) in [4.78, 5) is 51.5. The molecule has 2 aromatic rings. The van der Waals surface area contributed by atoms with E-state index in [9.17, 15) is 19.2 Å². The molecule has 0 heterocycles. The van der Waals surface area contributed by atoms with Gasteiger partial charge in [0.25, 0.3) is 5.91 Å². The highest BCUT2D eigenvalue weighted by atomic mass is 16.6. The summed E-state index contributed by atoms with van der Waals surface area (Å²) < 4.78 is 11.0. The normalized spacial score (nSPS) is 13.5. The van der Waals surface area contributed by atoms with Crippen LogP contribution in [0.5, 0.6) is 5.75 Å². The van der Waals surface area contributed by atoms with Crippen molar-refractivity contribution in [3.05, 3.63) is 66.2 Å². The highest BCUT2D eigenvalue weighted by molar-refractivity contribution is 5.93. The molecule has 9 heteroatoms. The van der Waals surface area contributed by atoms with Gasteiger partial charge in [-0.15, -0.1) is 0 Å². The predicted molar refractivity (Wildman–Crippen MR) is 149 cm³/mol. The Kier molecular flexibility index (Phi) is 12.0. The quantitative estimate of drug-likeness (QED) is 0.336. The highest BCUT2D eigenvalue weighted by Crippen LogP contribution is 2.13. The van der Waals surface area contributed by atoms with Crippen LogP contribution in [0.3, 0.4) is 0 Å². The van der Waals surface area contributed by atoms with E-state index < -0.39 is 47.4 Å². The van der Waals surface area contributed by atoms with Gasteiger partial charge in [-0.3, -0.25) is 14.4 Å². The number of carbonyl (C=O) groups is 4. The number of rotatable bonds is 13. The molecule has 39 heavy (non-hydrogen) atoms. The third kappa shape index (κ3) is 12.0. The lowest BCUT2D eigenvalue weighted by atomic mass is 10.0. The number of esters is 1. The molecular formula is C30H41N3O6. The second-order valence-electron chi connectivity index (χ2n) is 10.9. The van der Waals surface area contributed by atoms with E-state index in [0.29, 0.717) is 12.2 Å². The Bertz CT molecular complexity index is 1080. The van der Waals surface area contributed by atoms with Crippen LogP contribution in [0, 0.1) is 5.92 Å². The van der Waals surface area contributed by atoms with Crippen LogP contribution in [0.2, 0.25) is 0 Å².